The molecule has 1 atom stereocenters. The molecule has 0 bridgehead atoms. The molecular formula is C56H102O6. The molecule has 0 fully saturated rings. The summed E-state index contributed by atoms with van der Waals surface area (Å²) in [6, 6.07) is 0. The van der Waals surface area contributed by atoms with E-state index < -0.39 is 6.10 Å². The van der Waals surface area contributed by atoms with E-state index in [4.69, 9.17) is 14.2 Å². The highest BCUT2D eigenvalue weighted by Gasteiger charge is 2.19. The molecular weight excluding hydrogens is 769 g/mol. The Hall–Kier alpha value is -2.37. The number of esters is 3. The highest BCUT2D eigenvalue weighted by atomic mass is 16.6. The van der Waals surface area contributed by atoms with Gasteiger partial charge in [-0.25, -0.2) is 0 Å². The number of allylic oxidation sites excluding steroid dienone is 6. The van der Waals surface area contributed by atoms with Crippen molar-refractivity contribution in [2.45, 2.75) is 290 Å². The summed E-state index contributed by atoms with van der Waals surface area (Å²) in [7, 11) is 0. The Labute approximate surface area is 385 Å². The van der Waals surface area contributed by atoms with Crippen molar-refractivity contribution in [3.05, 3.63) is 36.5 Å². The highest BCUT2D eigenvalue weighted by Crippen LogP contribution is 2.15. The third-order valence-corrected chi connectivity index (χ3v) is 11.9. The first kappa shape index (κ1) is 59.6. The molecule has 1 unspecified atom stereocenters. The maximum Gasteiger partial charge on any atom is 0.306 e. The quantitative estimate of drug-likeness (QED) is 0.0262. The molecule has 0 amide bonds. The van der Waals surface area contributed by atoms with Gasteiger partial charge in [-0.05, 0) is 77.0 Å². The van der Waals surface area contributed by atoms with Crippen LogP contribution in [0.4, 0.5) is 0 Å². The number of hydrogen-bond donors (Lipinski definition) is 0. The van der Waals surface area contributed by atoms with Crippen molar-refractivity contribution in [3.8, 4) is 0 Å². The molecule has 0 heterocycles. The van der Waals surface area contributed by atoms with E-state index in [1.807, 2.05) is 0 Å². The molecule has 0 aliphatic carbocycles. The average Bonchev–Trinajstić information content (AvgIpc) is 3.27. The fourth-order valence-electron chi connectivity index (χ4n) is 7.76. The maximum absolute atomic E-state index is 12.8. The standard InChI is InChI=1S/C56H102O6/c1-4-7-10-13-16-18-20-22-24-26-27-28-29-31-32-34-36-38-40-43-46-49-55(58)61-52-53(51-60-54(57)48-45-42-15-12-9-6-3)62-56(59)50-47-44-41-39-37-35-33-30-25-23-21-19-17-14-11-8-5-2/h17,19,23,25-27,53H,4-16,18,20-22,24,28-52H2,1-3H3/b19-17-,25-23-,27-26-. The topological polar surface area (TPSA) is 78.9 Å². The zero-order valence-electron chi connectivity index (χ0n) is 41.4. The normalized spacial score (nSPS) is 12.2. The number of hydrogen-bond acceptors (Lipinski definition) is 6. The van der Waals surface area contributed by atoms with Crippen LogP contribution in [0.5, 0.6) is 0 Å². The molecule has 0 aliphatic heterocycles. The van der Waals surface area contributed by atoms with Gasteiger partial charge in [-0.2, -0.15) is 0 Å². The third-order valence-electron chi connectivity index (χ3n) is 11.9. The SMILES string of the molecule is CCCCC/C=C\C/C=C\CCCCCCCCCC(=O)OC(COC(=O)CCCCCCCC)COC(=O)CCCCCCCCCCC/C=C\CCCCCCCCCC. The zero-order chi connectivity index (χ0) is 45.1. The van der Waals surface area contributed by atoms with Crippen LogP contribution in [0.25, 0.3) is 0 Å². The van der Waals surface area contributed by atoms with Crippen molar-refractivity contribution < 1.29 is 28.6 Å². The number of ether oxygens (including phenoxy) is 3. The van der Waals surface area contributed by atoms with E-state index in [1.165, 1.54) is 173 Å². The van der Waals surface area contributed by atoms with Gasteiger partial charge >= 0.3 is 17.9 Å². The first-order chi connectivity index (χ1) is 30.5. The van der Waals surface area contributed by atoms with Crippen LogP contribution in [0.3, 0.4) is 0 Å². The lowest BCUT2D eigenvalue weighted by atomic mass is 10.1. The predicted octanol–water partition coefficient (Wildman–Crippen LogP) is 17.7. The molecule has 0 aliphatic rings. The van der Waals surface area contributed by atoms with Gasteiger partial charge < -0.3 is 14.2 Å². The Bertz CT molecular complexity index is 1050. The lowest BCUT2D eigenvalue weighted by Gasteiger charge is -2.18. The second-order valence-electron chi connectivity index (χ2n) is 18.1. The molecule has 0 saturated carbocycles. The minimum atomic E-state index is -0.772. The highest BCUT2D eigenvalue weighted by molar-refractivity contribution is 5.71. The van der Waals surface area contributed by atoms with Gasteiger partial charge in [0.05, 0.1) is 0 Å². The molecule has 0 radical (unpaired) electrons. The van der Waals surface area contributed by atoms with Crippen molar-refractivity contribution >= 4 is 17.9 Å². The summed E-state index contributed by atoms with van der Waals surface area (Å²) in [4.78, 5) is 37.8. The summed E-state index contributed by atoms with van der Waals surface area (Å²) in [5.41, 5.74) is 0. The van der Waals surface area contributed by atoms with Crippen molar-refractivity contribution in [2.24, 2.45) is 0 Å². The summed E-state index contributed by atoms with van der Waals surface area (Å²) in [6.07, 6.45) is 60.1. The van der Waals surface area contributed by atoms with E-state index >= 15 is 0 Å². The largest absolute Gasteiger partial charge is 0.462 e. The molecule has 0 aromatic heterocycles. The van der Waals surface area contributed by atoms with Gasteiger partial charge in [-0.1, -0.05) is 224 Å². The fourth-order valence-corrected chi connectivity index (χ4v) is 7.76. The first-order valence-corrected chi connectivity index (χ1v) is 27.0. The van der Waals surface area contributed by atoms with Crippen LogP contribution in [-0.4, -0.2) is 37.2 Å². The monoisotopic (exact) mass is 871 g/mol. The Morgan fingerprint density at radius 3 is 0.935 bits per heavy atom. The number of rotatable bonds is 49. The Morgan fingerprint density at radius 2 is 0.581 bits per heavy atom. The first-order valence-electron chi connectivity index (χ1n) is 27.0. The van der Waals surface area contributed by atoms with Crippen molar-refractivity contribution in [2.75, 3.05) is 13.2 Å². The number of unbranched alkanes of at least 4 members (excludes halogenated alkanes) is 32. The smallest absolute Gasteiger partial charge is 0.306 e. The molecule has 6 heteroatoms. The van der Waals surface area contributed by atoms with Crippen LogP contribution in [0.1, 0.15) is 284 Å². The predicted molar refractivity (Wildman–Crippen MR) is 266 cm³/mol. The summed E-state index contributed by atoms with van der Waals surface area (Å²) < 4.78 is 16.7. The van der Waals surface area contributed by atoms with Gasteiger partial charge in [-0.3, -0.25) is 14.4 Å². The molecule has 0 rings (SSSR count). The minimum absolute atomic E-state index is 0.0746. The molecule has 0 spiro atoms. The van der Waals surface area contributed by atoms with E-state index in [9.17, 15) is 14.4 Å². The Balaban J connectivity index is 4.16. The maximum atomic E-state index is 12.8. The average molecular weight is 871 g/mol. The number of carbonyl (C=O) groups is 3. The molecule has 6 nitrogen and oxygen atoms in total. The third kappa shape index (κ3) is 48.7. The van der Waals surface area contributed by atoms with Crippen LogP contribution < -0.4 is 0 Å². The van der Waals surface area contributed by atoms with E-state index in [2.05, 4.69) is 57.2 Å². The number of carbonyl (C=O) groups excluding carboxylic acids is 3. The molecule has 0 saturated heterocycles. The Kier molecular flexibility index (Phi) is 49.3. The van der Waals surface area contributed by atoms with Crippen molar-refractivity contribution in [3.63, 3.8) is 0 Å². The fraction of sp³-hybridized carbons (Fsp3) is 0.839. The molecule has 0 aromatic carbocycles. The van der Waals surface area contributed by atoms with Crippen molar-refractivity contribution in [1.29, 1.82) is 0 Å². The van der Waals surface area contributed by atoms with Gasteiger partial charge in [0.1, 0.15) is 13.2 Å². The van der Waals surface area contributed by atoms with Crippen LogP contribution in [0.15, 0.2) is 36.5 Å². The van der Waals surface area contributed by atoms with Crippen molar-refractivity contribution in [1.82, 2.24) is 0 Å². The van der Waals surface area contributed by atoms with Crippen LogP contribution >= 0.6 is 0 Å². The minimum Gasteiger partial charge on any atom is -0.462 e. The summed E-state index contributed by atoms with van der Waals surface area (Å²) >= 11 is 0. The van der Waals surface area contributed by atoms with Crippen LogP contribution in [-0.2, 0) is 28.6 Å². The molecule has 0 aromatic rings. The van der Waals surface area contributed by atoms with Crippen LogP contribution in [0.2, 0.25) is 0 Å². The second kappa shape index (κ2) is 51.3. The summed E-state index contributed by atoms with van der Waals surface area (Å²) in [5.74, 6) is -0.884. The molecule has 0 N–H and O–H groups in total. The summed E-state index contributed by atoms with van der Waals surface area (Å²) in [6.45, 7) is 6.57. The van der Waals surface area contributed by atoms with Gasteiger partial charge in [-0.15, -0.1) is 0 Å². The van der Waals surface area contributed by atoms with Gasteiger partial charge in [0.2, 0.25) is 0 Å². The summed E-state index contributed by atoms with van der Waals surface area (Å²) in [5, 5.41) is 0. The van der Waals surface area contributed by atoms with E-state index in [1.54, 1.807) is 0 Å². The Morgan fingerprint density at radius 1 is 0.323 bits per heavy atom. The van der Waals surface area contributed by atoms with E-state index in [-0.39, 0.29) is 31.1 Å². The van der Waals surface area contributed by atoms with Crippen LogP contribution in [0, 0.1) is 0 Å². The van der Waals surface area contributed by atoms with E-state index in [0.29, 0.717) is 19.3 Å². The van der Waals surface area contributed by atoms with Gasteiger partial charge in [0.15, 0.2) is 6.10 Å². The van der Waals surface area contributed by atoms with E-state index in [0.717, 1.165) is 70.6 Å². The molecule has 362 valence electrons. The lowest BCUT2D eigenvalue weighted by Crippen LogP contribution is -2.30. The van der Waals surface area contributed by atoms with Gasteiger partial charge in [0.25, 0.3) is 0 Å². The molecule has 62 heavy (non-hydrogen) atoms. The van der Waals surface area contributed by atoms with Gasteiger partial charge in [0, 0.05) is 19.3 Å². The second-order valence-corrected chi connectivity index (χ2v) is 18.1. The lowest BCUT2D eigenvalue weighted by molar-refractivity contribution is -0.167. The zero-order valence-corrected chi connectivity index (χ0v) is 41.4.